The fourth-order valence-electron chi connectivity index (χ4n) is 1.32. The molecule has 0 aliphatic rings. The van der Waals surface area contributed by atoms with Gasteiger partial charge in [0.25, 0.3) is 0 Å². The van der Waals surface area contributed by atoms with Crippen molar-refractivity contribution in [2.45, 2.75) is 6.92 Å². The van der Waals surface area contributed by atoms with Gasteiger partial charge in [0.1, 0.15) is 0 Å². The van der Waals surface area contributed by atoms with Gasteiger partial charge in [0.2, 0.25) is 0 Å². The van der Waals surface area contributed by atoms with Gasteiger partial charge in [-0.2, -0.15) is 5.26 Å². The zero-order valence-electron chi connectivity index (χ0n) is 9.49. The molecule has 0 bridgehead atoms. The first-order valence-electron chi connectivity index (χ1n) is 4.94. The molecule has 2 nitrogen and oxygen atoms in total. The highest BCUT2D eigenvalue weighted by molar-refractivity contribution is 5.57. The Hall–Kier alpha value is -1.59. The first kappa shape index (κ1) is 11.5. The van der Waals surface area contributed by atoms with Crippen molar-refractivity contribution >= 4 is 6.08 Å². The van der Waals surface area contributed by atoms with Crippen LogP contribution in [0.2, 0.25) is 0 Å². The van der Waals surface area contributed by atoms with Crippen molar-refractivity contribution in [1.29, 1.82) is 5.26 Å². The maximum atomic E-state index is 8.95. The minimum absolute atomic E-state index is 0.685. The second-order valence-electron chi connectivity index (χ2n) is 3.93. The topological polar surface area (TPSA) is 27.0 Å². The number of rotatable bonds is 3. The van der Waals surface area contributed by atoms with Crippen molar-refractivity contribution in [2.24, 2.45) is 0 Å². The van der Waals surface area contributed by atoms with Gasteiger partial charge in [0.15, 0.2) is 0 Å². The van der Waals surface area contributed by atoms with Gasteiger partial charge in [-0.05, 0) is 32.7 Å². The number of hydrogen-bond acceptors (Lipinski definition) is 2. The molecular weight excluding hydrogens is 184 g/mol. The van der Waals surface area contributed by atoms with E-state index >= 15 is 0 Å². The monoisotopic (exact) mass is 200 g/mol. The largest absolute Gasteiger partial charge is 0.304 e. The molecule has 2 heteroatoms. The van der Waals surface area contributed by atoms with Crippen molar-refractivity contribution in [2.75, 3.05) is 20.6 Å². The molecule has 1 aromatic rings. The van der Waals surface area contributed by atoms with Gasteiger partial charge in [0.05, 0.1) is 6.07 Å². The quantitative estimate of drug-likeness (QED) is 0.701. The molecule has 0 aliphatic heterocycles. The third-order valence-corrected chi connectivity index (χ3v) is 2.05. The minimum atomic E-state index is 0.685. The van der Waals surface area contributed by atoms with Crippen molar-refractivity contribution < 1.29 is 0 Å². The summed E-state index contributed by atoms with van der Waals surface area (Å²) in [5.41, 5.74) is 3.10. The summed E-state index contributed by atoms with van der Waals surface area (Å²) in [7, 11) is 3.92. The maximum Gasteiger partial charge on any atom is 0.0961 e. The molecule has 0 atom stereocenters. The molecule has 0 saturated carbocycles. The Morgan fingerprint density at radius 2 is 1.93 bits per heavy atom. The number of nitrogens with zero attached hydrogens (tertiary/aromatic N) is 2. The molecule has 0 fully saturated rings. The first-order valence-corrected chi connectivity index (χ1v) is 4.94. The van der Waals surface area contributed by atoms with Crippen LogP contribution in [0.1, 0.15) is 11.1 Å². The second-order valence-corrected chi connectivity index (χ2v) is 3.93. The number of benzene rings is 1. The van der Waals surface area contributed by atoms with Crippen LogP contribution < -0.4 is 0 Å². The third-order valence-electron chi connectivity index (χ3n) is 2.05. The SMILES string of the molecule is Cc1ccc(/C=C(\C#N)CN(C)C)cc1. The fraction of sp³-hybridized carbons (Fsp3) is 0.308. The van der Waals surface area contributed by atoms with Crippen LogP contribution >= 0.6 is 0 Å². The van der Waals surface area contributed by atoms with Gasteiger partial charge in [-0.15, -0.1) is 0 Å². The molecule has 15 heavy (non-hydrogen) atoms. The minimum Gasteiger partial charge on any atom is -0.304 e. The van der Waals surface area contributed by atoms with Gasteiger partial charge >= 0.3 is 0 Å². The highest BCUT2D eigenvalue weighted by Gasteiger charge is 1.98. The predicted molar refractivity (Wildman–Crippen MR) is 63.3 cm³/mol. The number of nitriles is 1. The summed E-state index contributed by atoms with van der Waals surface area (Å²) in [5.74, 6) is 0. The van der Waals surface area contributed by atoms with E-state index in [2.05, 4.69) is 25.1 Å². The zero-order chi connectivity index (χ0) is 11.3. The molecule has 0 aromatic heterocycles. The molecule has 1 aromatic carbocycles. The number of likely N-dealkylation sites (N-methyl/N-ethyl adjacent to an activating group) is 1. The van der Waals surface area contributed by atoms with Crippen LogP contribution in [-0.2, 0) is 0 Å². The molecule has 0 spiro atoms. The molecule has 0 saturated heterocycles. The maximum absolute atomic E-state index is 8.95. The molecule has 0 aliphatic carbocycles. The highest BCUT2D eigenvalue weighted by atomic mass is 15.0. The average Bonchev–Trinajstić information content (AvgIpc) is 2.19. The number of hydrogen-bond donors (Lipinski definition) is 0. The first-order chi connectivity index (χ1) is 7.11. The Balaban J connectivity index is 2.85. The molecule has 78 valence electrons. The Kier molecular flexibility index (Phi) is 4.08. The lowest BCUT2D eigenvalue weighted by Gasteiger charge is -2.07. The van der Waals surface area contributed by atoms with Crippen molar-refractivity contribution in [1.82, 2.24) is 4.90 Å². The fourth-order valence-corrected chi connectivity index (χ4v) is 1.32. The molecule has 0 N–H and O–H groups in total. The molecule has 0 radical (unpaired) electrons. The van der Waals surface area contributed by atoms with E-state index in [1.54, 1.807) is 0 Å². The van der Waals surface area contributed by atoms with Crippen molar-refractivity contribution in [3.63, 3.8) is 0 Å². The van der Waals surface area contributed by atoms with E-state index in [0.29, 0.717) is 6.54 Å². The third kappa shape index (κ3) is 3.97. The standard InChI is InChI=1S/C13H16N2/c1-11-4-6-12(7-5-11)8-13(9-14)10-15(2)3/h4-8H,10H2,1-3H3/b13-8+. The van der Waals surface area contributed by atoms with Gasteiger partial charge in [-0.1, -0.05) is 29.8 Å². The molecular formula is C13H16N2. The molecule has 0 heterocycles. The van der Waals surface area contributed by atoms with Crippen LogP contribution in [0.25, 0.3) is 6.08 Å². The Bertz CT molecular complexity index is 380. The normalized spacial score (nSPS) is 11.5. The summed E-state index contributed by atoms with van der Waals surface area (Å²) in [6.45, 7) is 2.74. The summed E-state index contributed by atoms with van der Waals surface area (Å²) in [5, 5.41) is 8.95. The van der Waals surface area contributed by atoms with Crippen molar-refractivity contribution in [3.05, 3.63) is 41.0 Å². The van der Waals surface area contributed by atoms with Crippen LogP contribution in [0, 0.1) is 18.3 Å². The average molecular weight is 200 g/mol. The summed E-state index contributed by atoms with van der Waals surface area (Å²) < 4.78 is 0. The van der Waals surface area contributed by atoms with E-state index in [-0.39, 0.29) is 0 Å². The van der Waals surface area contributed by atoms with E-state index in [1.807, 2.05) is 37.2 Å². The van der Waals surface area contributed by atoms with E-state index in [9.17, 15) is 0 Å². The molecule has 0 unspecified atom stereocenters. The van der Waals surface area contributed by atoms with Crippen LogP contribution in [0.3, 0.4) is 0 Å². The lowest BCUT2D eigenvalue weighted by atomic mass is 10.1. The summed E-state index contributed by atoms with van der Waals surface area (Å²) in [6, 6.07) is 10.4. The molecule has 0 amide bonds. The van der Waals surface area contributed by atoms with Crippen LogP contribution in [0.15, 0.2) is 29.8 Å². The summed E-state index contributed by atoms with van der Waals surface area (Å²) in [6.07, 6.45) is 1.93. The van der Waals surface area contributed by atoms with Crippen LogP contribution in [0.4, 0.5) is 0 Å². The predicted octanol–water partition coefficient (Wildman–Crippen LogP) is 2.46. The highest BCUT2D eigenvalue weighted by Crippen LogP contribution is 2.08. The van der Waals surface area contributed by atoms with Crippen molar-refractivity contribution in [3.8, 4) is 6.07 Å². The Morgan fingerprint density at radius 1 is 1.33 bits per heavy atom. The van der Waals surface area contributed by atoms with E-state index < -0.39 is 0 Å². The van der Waals surface area contributed by atoms with E-state index in [4.69, 9.17) is 5.26 Å². The van der Waals surface area contributed by atoms with Gasteiger partial charge in [-0.3, -0.25) is 0 Å². The molecule has 1 rings (SSSR count). The second kappa shape index (κ2) is 5.33. The van der Waals surface area contributed by atoms with Gasteiger partial charge < -0.3 is 4.90 Å². The van der Waals surface area contributed by atoms with Crippen LogP contribution in [-0.4, -0.2) is 25.5 Å². The lowest BCUT2D eigenvalue weighted by molar-refractivity contribution is 0.451. The lowest BCUT2D eigenvalue weighted by Crippen LogP contribution is -2.14. The van der Waals surface area contributed by atoms with E-state index in [1.165, 1.54) is 5.56 Å². The number of aryl methyl sites for hydroxylation is 1. The van der Waals surface area contributed by atoms with Gasteiger partial charge in [-0.25, -0.2) is 0 Å². The smallest absolute Gasteiger partial charge is 0.0961 e. The summed E-state index contributed by atoms with van der Waals surface area (Å²) >= 11 is 0. The summed E-state index contributed by atoms with van der Waals surface area (Å²) in [4.78, 5) is 1.99. The Labute approximate surface area is 91.4 Å². The Morgan fingerprint density at radius 3 is 2.40 bits per heavy atom. The van der Waals surface area contributed by atoms with Gasteiger partial charge in [0, 0.05) is 12.1 Å². The van der Waals surface area contributed by atoms with Crippen LogP contribution in [0.5, 0.6) is 0 Å². The van der Waals surface area contributed by atoms with E-state index in [0.717, 1.165) is 11.1 Å². The zero-order valence-corrected chi connectivity index (χ0v) is 9.49.